The Bertz CT molecular complexity index is 521. The van der Waals surface area contributed by atoms with E-state index in [0.717, 1.165) is 19.3 Å². The van der Waals surface area contributed by atoms with Crippen LogP contribution in [-0.2, 0) is 4.79 Å². The Labute approximate surface area is 119 Å². The standard InChI is InChI=1S/C12H14BrN3O3/c1-8(17)10-4-2-3-5-15(10)12-11(16(18)19)6-9(13)7-14-12/h6-7,10H,2-5H2,1H3. The van der Waals surface area contributed by atoms with Gasteiger partial charge in [-0.3, -0.25) is 14.9 Å². The van der Waals surface area contributed by atoms with Gasteiger partial charge >= 0.3 is 5.69 Å². The van der Waals surface area contributed by atoms with Gasteiger partial charge in [0, 0.05) is 23.3 Å². The van der Waals surface area contributed by atoms with Crippen LogP contribution in [0.1, 0.15) is 26.2 Å². The molecule has 19 heavy (non-hydrogen) atoms. The van der Waals surface area contributed by atoms with Gasteiger partial charge in [-0.1, -0.05) is 0 Å². The van der Waals surface area contributed by atoms with Crippen LogP contribution in [0.2, 0.25) is 0 Å². The molecule has 1 atom stereocenters. The lowest BCUT2D eigenvalue weighted by atomic mass is 9.99. The first-order chi connectivity index (χ1) is 9.00. The summed E-state index contributed by atoms with van der Waals surface area (Å²) < 4.78 is 0.555. The SMILES string of the molecule is CC(=O)C1CCCCN1c1ncc(Br)cc1[N+](=O)[O-]. The molecule has 0 aliphatic carbocycles. The third kappa shape index (κ3) is 2.91. The molecule has 7 heteroatoms. The van der Waals surface area contributed by atoms with Gasteiger partial charge in [-0.25, -0.2) is 4.98 Å². The van der Waals surface area contributed by atoms with E-state index in [4.69, 9.17) is 0 Å². The zero-order chi connectivity index (χ0) is 14.0. The lowest BCUT2D eigenvalue weighted by Crippen LogP contribution is -2.44. The van der Waals surface area contributed by atoms with Gasteiger partial charge in [-0.2, -0.15) is 0 Å². The average molecular weight is 328 g/mol. The minimum Gasteiger partial charge on any atom is -0.341 e. The van der Waals surface area contributed by atoms with Crippen molar-refractivity contribution in [3.05, 3.63) is 26.9 Å². The summed E-state index contributed by atoms with van der Waals surface area (Å²) in [6.45, 7) is 2.15. The van der Waals surface area contributed by atoms with E-state index >= 15 is 0 Å². The summed E-state index contributed by atoms with van der Waals surface area (Å²) in [5.41, 5.74) is -0.0671. The van der Waals surface area contributed by atoms with Crippen molar-refractivity contribution in [2.75, 3.05) is 11.4 Å². The van der Waals surface area contributed by atoms with Crippen LogP contribution in [-0.4, -0.2) is 28.3 Å². The van der Waals surface area contributed by atoms with Gasteiger partial charge in [-0.05, 0) is 42.1 Å². The number of nitrogens with zero attached hydrogens (tertiary/aromatic N) is 3. The molecule has 0 radical (unpaired) electrons. The number of Topliss-reactive ketones (excluding diaryl/α,β-unsaturated/α-hetero) is 1. The first-order valence-corrected chi connectivity index (χ1v) is 6.87. The first kappa shape index (κ1) is 13.9. The van der Waals surface area contributed by atoms with Crippen molar-refractivity contribution in [2.45, 2.75) is 32.2 Å². The fraction of sp³-hybridized carbons (Fsp3) is 0.500. The number of hydrogen-bond acceptors (Lipinski definition) is 5. The highest BCUT2D eigenvalue weighted by molar-refractivity contribution is 9.10. The zero-order valence-corrected chi connectivity index (χ0v) is 12.1. The van der Waals surface area contributed by atoms with E-state index in [1.807, 2.05) is 0 Å². The number of carbonyl (C=O) groups excluding carboxylic acids is 1. The molecular formula is C12H14BrN3O3. The largest absolute Gasteiger partial charge is 0.341 e. The predicted molar refractivity (Wildman–Crippen MR) is 74.3 cm³/mol. The summed E-state index contributed by atoms with van der Waals surface area (Å²) >= 11 is 3.18. The summed E-state index contributed by atoms with van der Waals surface area (Å²) in [5, 5.41) is 11.1. The third-order valence-corrected chi connectivity index (χ3v) is 3.69. The summed E-state index contributed by atoms with van der Waals surface area (Å²) in [5.74, 6) is 0.312. The topological polar surface area (TPSA) is 76.3 Å². The molecule has 0 N–H and O–H groups in total. The van der Waals surface area contributed by atoms with E-state index < -0.39 is 4.92 Å². The van der Waals surface area contributed by atoms with Crippen LogP contribution in [0.4, 0.5) is 11.5 Å². The maximum atomic E-state index is 11.7. The van der Waals surface area contributed by atoms with Crippen molar-refractivity contribution in [2.24, 2.45) is 0 Å². The molecule has 1 unspecified atom stereocenters. The van der Waals surface area contributed by atoms with E-state index in [2.05, 4.69) is 20.9 Å². The summed E-state index contributed by atoms with van der Waals surface area (Å²) in [6, 6.07) is 1.12. The molecular weight excluding hydrogens is 314 g/mol. The zero-order valence-electron chi connectivity index (χ0n) is 10.5. The first-order valence-electron chi connectivity index (χ1n) is 6.07. The number of pyridine rings is 1. The smallest absolute Gasteiger partial charge is 0.312 e. The van der Waals surface area contributed by atoms with Crippen molar-refractivity contribution in [3.63, 3.8) is 0 Å². The van der Waals surface area contributed by atoms with Crippen LogP contribution in [0.5, 0.6) is 0 Å². The van der Waals surface area contributed by atoms with Crippen LogP contribution in [0.15, 0.2) is 16.7 Å². The van der Waals surface area contributed by atoms with Gasteiger partial charge in [-0.15, -0.1) is 0 Å². The number of carbonyl (C=O) groups is 1. The van der Waals surface area contributed by atoms with Crippen molar-refractivity contribution in [1.82, 2.24) is 4.98 Å². The second-order valence-corrected chi connectivity index (χ2v) is 5.48. The van der Waals surface area contributed by atoms with Gasteiger partial charge in [0.15, 0.2) is 5.78 Å². The molecule has 0 amide bonds. The fourth-order valence-electron chi connectivity index (χ4n) is 2.38. The van der Waals surface area contributed by atoms with Crippen molar-refractivity contribution in [1.29, 1.82) is 0 Å². The number of aromatic nitrogens is 1. The molecule has 0 bridgehead atoms. The number of rotatable bonds is 3. The third-order valence-electron chi connectivity index (χ3n) is 3.25. The van der Waals surface area contributed by atoms with Crippen LogP contribution < -0.4 is 4.90 Å². The molecule has 0 spiro atoms. The molecule has 2 rings (SSSR count). The highest BCUT2D eigenvalue weighted by Crippen LogP contribution is 2.32. The molecule has 1 aliphatic rings. The Kier molecular flexibility index (Phi) is 4.14. The molecule has 2 heterocycles. The maximum absolute atomic E-state index is 11.7. The van der Waals surface area contributed by atoms with Crippen molar-refractivity contribution in [3.8, 4) is 0 Å². The van der Waals surface area contributed by atoms with Gasteiger partial charge in [0.05, 0.1) is 11.0 Å². The van der Waals surface area contributed by atoms with Gasteiger partial charge in [0.25, 0.3) is 0 Å². The second-order valence-electron chi connectivity index (χ2n) is 4.57. The highest BCUT2D eigenvalue weighted by Gasteiger charge is 2.31. The Hall–Kier alpha value is -1.50. The van der Waals surface area contributed by atoms with Crippen molar-refractivity contribution < 1.29 is 9.72 Å². The number of halogens is 1. The number of nitro groups is 1. The van der Waals surface area contributed by atoms with E-state index in [-0.39, 0.29) is 23.3 Å². The van der Waals surface area contributed by atoms with E-state index in [1.165, 1.54) is 19.2 Å². The molecule has 1 aromatic heterocycles. The monoisotopic (exact) mass is 327 g/mol. The summed E-state index contributed by atoms with van der Waals surface area (Å²) in [6.07, 6.45) is 4.13. The molecule has 0 aromatic carbocycles. The second kappa shape index (κ2) is 5.64. The molecule has 0 saturated carbocycles. The minimum atomic E-state index is -0.459. The van der Waals surface area contributed by atoms with Gasteiger partial charge in [0.2, 0.25) is 5.82 Å². The Morgan fingerprint density at radius 2 is 2.32 bits per heavy atom. The molecule has 102 valence electrons. The Balaban J connectivity index is 2.44. The summed E-state index contributed by atoms with van der Waals surface area (Å²) in [4.78, 5) is 28.3. The Morgan fingerprint density at radius 3 is 2.95 bits per heavy atom. The minimum absolute atomic E-state index is 0.0266. The van der Waals surface area contributed by atoms with E-state index in [9.17, 15) is 14.9 Å². The lowest BCUT2D eigenvalue weighted by molar-refractivity contribution is -0.384. The van der Waals surface area contributed by atoms with E-state index in [0.29, 0.717) is 11.0 Å². The molecule has 1 aromatic rings. The average Bonchev–Trinajstić information content (AvgIpc) is 2.38. The molecule has 1 fully saturated rings. The number of ketones is 1. The Morgan fingerprint density at radius 1 is 1.58 bits per heavy atom. The summed E-state index contributed by atoms with van der Waals surface area (Å²) in [7, 11) is 0. The number of hydrogen-bond donors (Lipinski definition) is 0. The normalized spacial score (nSPS) is 19.3. The highest BCUT2D eigenvalue weighted by atomic mass is 79.9. The van der Waals surface area contributed by atoms with Crippen LogP contribution in [0.3, 0.4) is 0 Å². The quantitative estimate of drug-likeness (QED) is 0.630. The maximum Gasteiger partial charge on any atom is 0.312 e. The lowest BCUT2D eigenvalue weighted by Gasteiger charge is -2.34. The molecule has 1 saturated heterocycles. The molecule has 1 aliphatic heterocycles. The van der Waals surface area contributed by atoms with Crippen LogP contribution in [0.25, 0.3) is 0 Å². The fourth-order valence-corrected chi connectivity index (χ4v) is 2.70. The van der Waals surface area contributed by atoms with Crippen molar-refractivity contribution >= 4 is 33.2 Å². The van der Waals surface area contributed by atoms with E-state index in [1.54, 1.807) is 4.90 Å². The predicted octanol–water partition coefficient (Wildman–Crippen LogP) is 2.70. The number of piperidine rings is 1. The molecule has 6 nitrogen and oxygen atoms in total. The van der Waals surface area contributed by atoms with Crippen LogP contribution >= 0.6 is 15.9 Å². The van der Waals surface area contributed by atoms with Gasteiger partial charge < -0.3 is 4.90 Å². The van der Waals surface area contributed by atoms with Gasteiger partial charge in [0.1, 0.15) is 0 Å². The number of anilines is 1. The van der Waals surface area contributed by atoms with Crippen LogP contribution in [0, 0.1) is 10.1 Å².